The van der Waals surface area contributed by atoms with Crippen LogP contribution in [0, 0.1) is 5.92 Å². The molecule has 0 amide bonds. The van der Waals surface area contributed by atoms with Gasteiger partial charge in [0.15, 0.2) is 0 Å². The number of aromatic hydroxyl groups is 1. The summed E-state index contributed by atoms with van der Waals surface area (Å²) >= 11 is 0. The highest BCUT2D eigenvalue weighted by atomic mass is 16.5. The van der Waals surface area contributed by atoms with E-state index in [4.69, 9.17) is 4.74 Å². The minimum absolute atomic E-state index is 0.189. The van der Waals surface area contributed by atoms with Gasteiger partial charge in [0.1, 0.15) is 17.1 Å². The van der Waals surface area contributed by atoms with Gasteiger partial charge in [-0.3, -0.25) is 4.90 Å². The number of phenols is 1. The summed E-state index contributed by atoms with van der Waals surface area (Å²) in [6.45, 7) is 10.2. The Morgan fingerprint density at radius 2 is 2.05 bits per heavy atom. The molecule has 0 saturated carbocycles. The molecule has 2 aliphatic heterocycles. The third-order valence-electron chi connectivity index (χ3n) is 5.25. The van der Waals surface area contributed by atoms with Crippen LogP contribution >= 0.6 is 0 Å². The van der Waals surface area contributed by atoms with Crippen LogP contribution in [0.2, 0.25) is 0 Å². The topological polar surface area (TPSA) is 32.7 Å². The van der Waals surface area contributed by atoms with E-state index in [1.807, 2.05) is 6.07 Å². The Kier molecular flexibility index (Phi) is 3.64. The summed E-state index contributed by atoms with van der Waals surface area (Å²) in [7, 11) is 0. The van der Waals surface area contributed by atoms with E-state index >= 15 is 0 Å². The molecule has 3 nitrogen and oxygen atoms in total. The number of ether oxygens (including phenoxy) is 1. The monoisotopic (exact) mass is 289 g/mol. The second-order valence-electron chi connectivity index (χ2n) is 7.40. The second kappa shape index (κ2) is 5.20. The first-order chi connectivity index (χ1) is 9.87. The van der Waals surface area contributed by atoms with Crippen molar-refractivity contribution in [2.75, 3.05) is 6.54 Å². The summed E-state index contributed by atoms with van der Waals surface area (Å²) < 4.78 is 6.10. The molecule has 1 aromatic rings. The van der Waals surface area contributed by atoms with Crippen molar-refractivity contribution in [3.05, 3.63) is 23.8 Å². The van der Waals surface area contributed by atoms with Crippen molar-refractivity contribution < 1.29 is 9.84 Å². The van der Waals surface area contributed by atoms with Gasteiger partial charge in [0.2, 0.25) is 0 Å². The summed E-state index contributed by atoms with van der Waals surface area (Å²) in [4.78, 5) is 2.65. The molecule has 3 unspecified atom stereocenters. The van der Waals surface area contributed by atoms with Crippen LogP contribution in [0.1, 0.15) is 58.6 Å². The third kappa shape index (κ3) is 2.76. The van der Waals surface area contributed by atoms with Crippen LogP contribution in [-0.2, 0) is 0 Å². The van der Waals surface area contributed by atoms with Gasteiger partial charge in [-0.25, -0.2) is 0 Å². The molecule has 21 heavy (non-hydrogen) atoms. The molecule has 0 aromatic heterocycles. The summed E-state index contributed by atoms with van der Waals surface area (Å²) in [5.41, 5.74) is 1.04. The van der Waals surface area contributed by atoms with Gasteiger partial charge in [-0.15, -0.1) is 0 Å². The van der Waals surface area contributed by atoms with Gasteiger partial charge in [-0.2, -0.15) is 0 Å². The summed E-state index contributed by atoms with van der Waals surface area (Å²) in [6, 6.07) is 6.57. The third-order valence-corrected chi connectivity index (χ3v) is 5.25. The molecule has 0 aliphatic carbocycles. The molecule has 116 valence electrons. The Hall–Kier alpha value is -1.22. The Bertz CT molecular complexity index is 526. The van der Waals surface area contributed by atoms with Crippen LogP contribution in [0.15, 0.2) is 18.2 Å². The maximum atomic E-state index is 9.76. The number of hydrogen-bond donors (Lipinski definition) is 1. The van der Waals surface area contributed by atoms with E-state index in [9.17, 15) is 5.11 Å². The van der Waals surface area contributed by atoms with Crippen LogP contribution in [0.5, 0.6) is 11.5 Å². The molecular formula is C18H27NO2. The van der Waals surface area contributed by atoms with Crippen molar-refractivity contribution in [2.24, 2.45) is 5.92 Å². The zero-order valence-corrected chi connectivity index (χ0v) is 13.6. The average Bonchev–Trinajstić information content (AvgIpc) is 2.39. The number of rotatable bonds is 1. The van der Waals surface area contributed by atoms with E-state index in [2.05, 4.69) is 32.6 Å². The number of hydrogen-bond acceptors (Lipinski definition) is 3. The molecule has 1 aromatic carbocycles. The molecule has 1 fully saturated rings. The van der Waals surface area contributed by atoms with Crippen molar-refractivity contribution in [3.8, 4) is 11.5 Å². The lowest BCUT2D eigenvalue weighted by Gasteiger charge is -2.48. The average molecular weight is 289 g/mol. The van der Waals surface area contributed by atoms with Gasteiger partial charge in [-0.05, 0) is 52.1 Å². The lowest BCUT2D eigenvalue weighted by Crippen LogP contribution is -2.48. The van der Waals surface area contributed by atoms with Crippen LogP contribution < -0.4 is 4.74 Å². The number of likely N-dealkylation sites (tertiary alicyclic amines) is 1. The van der Waals surface area contributed by atoms with Gasteiger partial charge in [0.05, 0.1) is 0 Å². The van der Waals surface area contributed by atoms with Crippen molar-refractivity contribution >= 4 is 0 Å². The van der Waals surface area contributed by atoms with E-state index in [-0.39, 0.29) is 11.4 Å². The van der Waals surface area contributed by atoms with Crippen LogP contribution in [-0.4, -0.2) is 28.2 Å². The molecule has 3 atom stereocenters. The highest BCUT2D eigenvalue weighted by molar-refractivity contribution is 5.44. The molecule has 1 N–H and O–H groups in total. The van der Waals surface area contributed by atoms with Crippen molar-refractivity contribution in [3.63, 3.8) is 0 Å². The fraction of sp³-hybridized carbons (Fsp3) is 0.667. The van der Waals surface area contributed by atoms with E-state index in [1.54, 1.807) is 12.1 Å². The van der Waals surface area contributed by atoms with Gasteiger partial charge >= 0.3 is 0 Å². The van der Waals surface area contributed by atoms with E-state index in [0.29, 0.717) is 12.1 Å². The highest BCUT2D eigenvalue weighted by Gasteiger charge is 2.40. The van der Waals surface area contributed by atoms with Crippen molar-refractivity contribution in [1.29, 1.82) is 0 Å². The second-order valence-corrected chi connectivity index (χ2v) is 7.40. The maximum Gasteiger partial charge on any atom is 0.128 e. The highest BCUT2D eigenvalue weighted by Crippen LogP contribution is 2.45. The molecule has 3 rings (SSSR count). The standard InChI is InChI=1S/C18H27NO2/c1-12-6-5-9-19(13(12)2)16-11-18(3,4)21-17-10-14(20)7-8-15(16)17/h7-8,10,12-13,16,20H,5-6,9,11H2,1-4H3. The maximum absolute atomic E-state index is 9.76. The molecule has 1 saturated heterocycles. The first-order valence-electron chi connectivity index (χ1n) is 8.15. The fourth-order valence-corrected chi connectivity index (χ4v) is 3.90. The number of piperidine rings is 1. The Labute approximate surface area is 127 Å². The van der Waals surface area contributed by atoms with E-state index < -0.39 is 0 Å². The Balaban J connectivity index is 1.98. The molecule has 2 aliphatic rings. The van der Waals surface area contributed by atoms with Crippen LogP contribution in [0.4, 0.5) is 0 Å². The molecule has 3 heteroatoms. The number of fused-ring (bicyclic) bond motifs is 1. The van der Waals surface area contributed by atoms with Crippen LogP contribution in [0.3, 0.4) is 0 Å². The number of nitrogens with zero attached hydrogens (tertiary/aromatic N) is 1. The number of benzene rings is 1. The first-order valence-corrected chi connectivity index (χ1v) is 8.15. The Morgan fingerprint density at radius 1 is 1.29 bits per heavy atom. The summed E-state index contributed by atoms with van der Waals surface area (Å²) in [6.07, 6.45) is 3.60. The van der Waals surface area contributed by atoms with Gasteiger partial charge < -0.3 is 9.84 Å². The SMILES string of the molecule is CC1CCCN(C2CC(C)(C)Oc3cc(O)ccc32)C1C. The molecular weight excluding hydrogens is 262 g/mol. The van der Waals surface area contributed by atoms with E-state index in [1.165, 1.54) is 18.4 Å². The quantitative estimate of drug-likeness (QED) is 0.844. The first kappa shape index (κ1) is 14.7. The predicted molar refractivity (Wildman–Crippen MR) is 84.7 cm³/mol. The van der Waals surface area contributed by atoms with Crippen molar-refractivity contribution in [2.45, 2.75) is 64.6 Å². The Morgan fingerprint density at radius 3 is 2.81 bits per heavy atom. The lowest BCUT2D eigenvalue weighted by molar-refractivity contribution is -0.00579. The zero-order valence-electron chi connectivity index (χ0n) is 13.6. The van der Waals surface area contributed by atoms with E-state index in [0.717, 1.165) is 24.6 Å². The van der Waals surface area contributed by atoms with Gasteiger partial charge in [0, 0.05) is 30.1 Å². The fourth-order valence-electron chi connectivity index (χ4n) is 3.90. The molecule has 2 heterocycles. The normalized spacial score (nSPS) is 32.3. The van der Waals surface area contributed by atoms with Gasteiger partial charge in [0.25, 0.3) is 0 Å². The summed E-state index contributed by atoms with van der Waals surface area (Å²) in [5.74, 6) is 1.87. The minimum Gasteiger partial charge on any atom is -0.508 e. The predicted octanol–water partition coefficient (Wildman–Crippen LogP) is 4.11. The minimum atomic E-state index is -0.189. The molecule has 0 spiro atoms. The molecule has 0 bridgehead atoms. The zero-order chi connectivity index (χ0) is 15.2. The van der Waals surface area contributed by atoms with Crippen LogP contribution in [0.25, 0.3) is 0 Å². The number of phenolic OH excluding ortho intramolecular Hbond substituents is 1. The van der Waals surface area contributed by atoms with Gasteiger partial charge in [-0.1, -0.05) is 13.0 Å². The molecule has 0 radical (unpaired) electrons. The van der Waals surface area contributed by atoms with Crippen molar-refractivity contribution in [1.82, 2.24) is 4.90 Å². The largest absolute Gasteiger partial charge is 0.508 e. The smallest absolute Gasteiger partial charge is 0.128 e. The lowest BCUT2D eigenvalue weighted by atomic mass is 9.84. The summed E-state index contributed by atoms with van der Waals surface area (Å²) in [5, 5.41) is 9.76.